The predicted octanol–water partition coefficient (Wildman–Crippen LogP) is 5.82. The average Bonchev–Trinajstić information content (AvgIpc) is 3.27. The van der Waals surface area contributed by atoms with Crippen molar-refractivity contribution in [3.05, 3.63) is 101 Å². The van der Waals surface area contributed by atoms with Crippen molar-refractivity contribution in [2.45, 2.75) is 18.9 Å². The summed E-state index contributed by atoms with van der Waals surface area (Å²) in [5.74, 6) is 0.486. The second-order valence-electron chi connectivity index (χ2n) is 7.84. The zero-order chi connectivity index (χ0) is 22.8. The van der Waals surface area contributed by atoms with Crippen LogP contribution in [0.5, 0.6) is 5.75 Å². The normalized spacial score (nSPS) is 14.6. The fraction of sp³-hybridized carbons (Fsp3) is 0.115. The number of amides is 1. The molecule has 1 aliphatic heterocycles. The Bertz CT molecular complexity index is 1330. The Morgan fingerprint density at radius 1 is 0.970 bits per heavy atom. The van der Waals surface area contributed by atoms with Crippen LogP contribution in [0.3, 0.4) is 0 Å². The van der Waals surface area contributed by atoms with Crippen LogP contribution in [-0.4, -0.2) is 21.9 Å². The van der Waals surface area contributed by atoms with Crippen LogP contribution in [0.1, 0.15) is 29.3 Å². The van der Waals surface area contributed by atoms with Crippen molar-refractivity contribution in [1.29, 1.82) is 0 Å². The van der Waals surface area contributed by atoms with Gasteiger partial charge in [-0.2, -0.15) is 0 Å². The quantitative estimate of drug-likeness (QED) is 0.370. The van der Waals surface area contributed by atoms with Gasteiger partial charge in [0.25, 0.3) is 0 Å². The van der Waals surface area contributed by atoms with E-state index in [2.05, 4.69) is 10.5 Å². The molecule has 0 fully saturated rings. The molecule has 0 saturated carbocycles. The van der Waals surface area contributed by atoms with Crippen molar-refractivity contribution < 1.29 is 14.4 Å². The number of nitrogens with one attached hydrogen (secondary N) is 1. The summed E-state index contributed by atoms with van der Waals surface area (Å²) < 4.78 is 5.60. The first-order valence-corrected chi connectivity index (χ1v) is 10.9. The zero-order valence-corrected chi connectivity index (χ0v) is 18.3. The number of fused-ring (bicyclic) bond motifs is 3. The number of phenols is 1. The van der Waals surface area contributed by atoms with Crippen molar-refractivity contribution in [1.82, 2.24) is 5.16 Å². The maximum Gasteiger partial charge on any atom is 0.227 e. The molecule has 164 valence electrons. The number of nitrogens with zero attached hydrogens (tertiary/aromatic N) is 2. The van der Waals surface area contributed by atoms with Gasteiger partial charge in [-0.05, 0) is 47.5 Å². The number of aromatic hydroxyl groups is 1. The SMILES string of the molecule is O=C(C[C@@H]1N=C(Cc2ccc(Cl)cc2)c2ccccc2-c2cnoc21)Nc1ccc(O)cc1. The van der Waals surface area contributed by atoms with E-state index in [0.29, 0.717) is 22.9 Å². The van der Waals surface area contributed by atoms with Gasteiger partial charge in [0.2, 0.25) is 5.91 Å². The van der Waals surface area contributed by atoms with Gasteiger partial charge >= 0.3 is 0 Å². The third-order valence-electron chi connectivity index (χ3n) is 5.56. The molecule has 0 unspecified atom stereocenters. The Morgan fingerprint density at radius 3 is 2.45 bits per heavy atom. The molecule has 0 radical (unpaired) electrons. The summed E-state index contributed by atoms with van der Waals surface area (Å²) in [5.41, 5.74) is 5.32. The number of phenolic OH excluding ortho intramolecular Hbond substituents is 1. The molecule has 33 heavy (non-hydrogen) atoms. The monoisotopic (exact) mass is 457 g/mol. The molecule has 1 aliphatic rings. The van der Waals surface area contributed by atoms with Gasteiger partial charge in [0.15, 0.2) is 5.76 Å². The van der Waals surface area contributed by atoms with Crippen LogP contribution in [0.25, 0.3) is 11.1 Å². The minimum atomic E-state index is -0.533. The minimum absolute atomic E-state index is 0.0845. The number of hydrogen-bond donors (Lipinski definition) is 2. The fourth-order valence-corrected chi connectivity index (χ4v) is 4.11. The van der Waals surface area contributed by atoms with E-state index in [-0.39, 0.29) is 18.1 Å². The van der Waals surface area contributed by atoms with Crippen LogP contribution in [0.4, 0.5) is 5.69 Å². The summed E-state index contributed by atoms with van der Waals surface area (Å²) in [6.07, 6.45) is 2.35. The minimum Gasteiger partial charge on any atom is -0.508 e. The van der Waals surface area contributed by atoms with Gasteiger partial charge in [0.05, 0.1) is 12.6 Å². The molecule has 0 spiro atoms. The Labute approximate surface area is 195 Å². The summed E-state index contributed by atoms with van der Waals surface area (Å²) in [6, 6.07) is 21.5. The third kappa shape index (κ3) is 4.52. The molecule has 1 atom stereocenters. The van der Waals surface area contributed by atoms with Crippen LogP contribution < -0.4 is 5.32 Å². The van der Waals surface area contributed by atoms with E-state index in [0.717, 1.165) is 28.0 Å². The largest absolute Gasteiger partial charge is 0.508 e. The maximum absolute atomic E-state index is 12.9. The van der Waals surface area contributed by atoms with E-state index in [4.69, 9.17) is 21.1 Å². The smallest absolute Gasteiger partial charge is 0.227 e. The molecule has 0 bridgehead atoms. The van der Waals surface area contributed by atoms with Crippen LogP contribution in [0.2, 0.25) is 5.02 Å². The molecule has 1 aromatic heterocycles. The molecule has 0 saturated heterocycles. The Balaban J connectivity index is 1.50. The van der Waals surface area contributed by atoms with Crippen LogP contribution in [0.15, 0.2) is 88.5 Å². The first-order valence-electron chi connectivity index (χ1n) is 10.5. The first kappa shape index (κ1) is 21.0. The number of benzene rings is 3. The van der Waals surface area contributed by atoms with Gasteiger partial charge in [0, 0.05) is 34.0 Å². The summed E-state index contributed by atoms with van der Waals surface area (Å²) in [6.45, 7) is 0. The Morgan fingerprint density at radius 2 is 1.70 bits per heavy atom. The number of aromatic nitrogens is 1. The Hall–Kier alpha value is -3.90. The fourth-order valence-electron chi connectivity index (χ4n) is 3.98. The molecule has 6 nitrogen and oxygen atoms in total. The Kier molecular flexibility index (Phi) is 5.67. The van der Waals surface area contributed by atoms with E-state index in [9.17, 15) is 9.90 Å². The number of aliphatic imine (C=N–C) groups is 1. The second-order valence-corrected chi connectivity index (χ2v) is 8.28. The zero-order valence-electron chi connectivity index (χ0n) is 17.5. The highest BCUT2D eigenvalue weighted by Gasteiger charge is 2.29. The van der Waals surface area contributed by atoms with Gasteiger partial charge in [0.1, 0.15) is 11.8 Å². The highest BCUT2D eigenvalue weighted by atomic mass is 35.5. The lowest BCUT2D eigenvalue weighted by Crippen LogP contribution is -2.16. The highest BCUT2D eigenvalue weighted by molar-refractivity contribution is 6.30. The van der Waals surface area contributed by atoms with Crippen LogP contribution >= 0.6 is 11.6 Å². The highest BCUT2D eigenvalue weighted by Crippen LogP contribution is 2.38. The topological polar surface area (TPSA) is 87.7 Å². The van der Waals surface area contributed by atoms with Crippen molar-refractivity contribution in [3.63, 3.8) is 0 Å². The molecule has 5 rings (SSSR count). The van der Waals surface area contributed by atoms with Gasteiger partial charge < -0.3 is 14.9 Å². The molecule has 3 aromatic carbocycles. The number of anilines is 1. The van der Waals surface area contributed by atoms with Gasteiger partial charge in [-0.15, -0.1) is 0 Å². The number of carbonyl (C=O) groups is 1. The van der Waals surface area contributed by atoms with Gasteiger partial charge in [-0.3, -0.25) is 9.79 Å². The summed E-state index contributed by atoms with van der Waals surface area (Å²) in [4.78, 5) is 17.9. The van der Waals surface area contributed by atoms with Crippen molar-refractivity contribution in [2.24, 2.45) is 4.99 Å². The molecular formula is C26H20ClN3O3. The lowest BCUT2D eigenvalue weighted by molar-refractivity contribution is -0.116. The van der Waals surface area contributed by atoms with Crippen molar-refractivity contribution in [3.8, 4) is 16.9 Å². The maximum atomic E-state index is 12.9. The molecule has 0 aliphatic carbocycles. The standard InChI is InChI=1S/C26H20ClN3O3/c27-17-7-5-16(6-8-17)13-23-21-4-2-1-3-20(21)22-15-28-33-26(22)24(30-23)14-25(32)29-18-9-11-19(31)12-10-18/h1-12,15,24,31H,13-14H2,(H,29,32)/t24-/m0/s1. The number of hydrogen-bond acceptors (Lipinski definition) is 5. The van der Waals surface area contributed by atoms with E-state index in [1.807, 2.05) is 48.5 Å². The molecule has 4 aromatic rings. The number of halogens is 1. The predicted molar refractivity (Wildman–Crippen MR) is 128 cm³/mol. The first-order chi connectivity index (χ1) is 16.1. The summed E-state index contributed by atoms with van der Waals surface area (Å²) in [7, 11) is 0. The molecular weight excluding hydrogens is 438 g/mol. The van der Waals surface area contributed by atoms with E-state index < -0.39 is 6.04 Å². The average molecular weight is 458 g/mol. The van der Waals surface area contributed by atoms with Gasteiger partial charge in [-0.25, -0.2) is 0 Å². The molecule has 1 amide bonds. The third-order valence-corrected chi connectivity index (χ3v) is 5.81. The van der Waals surface area contributed by atoms with Crippen molar-refractivity contribution in [2.75, 3.05) is 5.32 Å². The van der Waals surface area contributed by atoms with E-state index in [1.165, 1.54) is 12.1 Å². The molecule has 2 heterocycles. The lowest BCUT2D eigenvalue weighted by atomic mass is 9.94. The lowest BCUT2D eigenvalue weighted by Gasteiger charge is -2.12. The van der Waals surface area contributed by atoms with Crippen LogP contribution in [-0.2, 0) is 11.2 Å². The molecule has 7 heteroatoms. The van der Waals surface area contributed by atoms with Crippen LogP contribution in [0, 0.1) is 0 Å². The van der Waals surface area contributed by atoms with E-state index >= 15 is 0 Å². The number of carbonyl (C=O) groups excluding carboxylic acids is 1. The summed E-state index contributed by atoms with van der Waals surface area (Å²) in [5, 5.41) is 17.0. The second kappa shape index (κ2) is 8.92. The molecule has 2 N–H and O–H groups in total. The van der Waals surface area contributed by atoms with Crippen molar-refractivity contribution >= 4 is 28.9 Å². The van der Waals surface area contributed by atoms with Gasteiger partial charge in [-0.1, -0.05) is 53.2 Å². The van der Waals surface area contributed by atoms with E-state index in [1.54, 1.807) is 18.3 Å². The number of rotatable bonds is 5. The summed E-state index contributed by atoms with van der Waals surface area (Å²) >= 11 is 6.06.